The Bertz CT molecular complexity index is 1400. The number of imide groups is 1. The second-order valence-corrected chi connectivity index (χ2v) is 9.12. The van der Waals surface area contributed by atoms with Crippen molar-refractivity contribution in [2.75, 3.05) is 15.5 Å². The number of fused-ring (bicyclic) bond motifs is 1. The minimum Gasteiger partial charge on any atom is -0.322 e. The molecule has 1 aliphatic heterocycles. The molecule has 180 valence electrons. The second kappa shape index (κ2) is 9.62. The summed E-state index contributed by atoms with van der Waals surface area (Å²) in [4.78, 5) is 52.7. The Hall–Kier alpha value is -4.52. The van der Waals surface area contributed by atoms with Gasteiger partial charge in [-0.05, 0) is 68.3 Å². The number of rotatable bonds is 5. The number of benzene rings is 3. The van der Waals surface area contributed by atoms with Crippen LogP contribution in [-0.4, -0.2) is 23.6 Å². The van der Waals surface area contributed by atoms with E-state index in [1.54, 1.807) is 72.8 Å². The molecule has 1 heterocycles. The van der Waals surface area contributed by atoms with Gasteiger partial charge in [0.1, 0.15) is 0 Å². The van der Waals surface area contributed by atoms with E-state index < -0.39 is 5.91 Å². The molecular weight excluding hydrogens is 454 g/mol. The van der Waals surface area contributed by atoms with Gasteiger partial charge in [-0.15, -0.1) is 0 Å². The van der Waals surface area contributed by atoms with Crippen molar-refractivity contribution in [3.05, 3.63) is 102 Å². The van der Waals surface area contributed by atoms with E-state index in [0.29, 0.717) is 41.0 Å². The highest BCUT2D eigenvalue weighted by Gasteiger charge is 2.48. The van der Waals surface area contributed by atoms with Crippen molar-refractivity contribution in [3.63, 3.8) is 0 Å². The molecule has 1 fully saturated rings. The first-order valence-electron chi connectivity index (χ1n) is 11.8. The molecule has 4 amide bonds. The highest BCUT2D eigenvalue weighted by molar-refractivity contribution is 6.22. The number of hydrogen-bond donors (Lipinski definition) is 2. The van der Waals surface area contributed by atoms with E-state index in [0.717, 1.165) is 5.57 Å². The summed E-state index contributed by atoms with van der Waals surface area (Å²) in [6, 6.07) is 22.2. The molecule has 7 nitrogen and oxygen atoms in total. The van der Waals surface area contributed by atoms with Gasteiger partial charge in [-0.25, -0.2) is 0 Å². The molecule has 2 aliphatic rings. The van der Waals surface area contributed by atoms with Crippen LogP contribution in [0.5, 0.6) is 0 Å². The van der Waals surface area contributed by atoms with Gasteiger partial charge in [0, 0.05) is 22.5 Å². The zero-order valence-corrected chi connectivity index (χ0v) is 19.7. The SMILES string of the molecule is CC1=CC[C@H]2C(=O)N(c3cccc(C(=O)Nc4cccc(NC(=O)c5ccccc5)c4)c3)C(=O)[C@H]2C1. The minimum absolute atomic E-state index is 0.211. The Kier molecular flexibility index (Phi) is 6.21. The van der Waals surface area contributed by atoms with Gasteiger partial charge >= 0.3 is 0 Å². The average molecular weight is 480 g/mol. The summed E-state index contributed by atoms with van der Waals surface area (Å²) in [7, 11) is 0. The molecule has 3 aromatic carbocycles. The smallest absolute Gasteiger partial charge is 0.255 e. The molecule has 1 aliphatic carbocycles. The maximum atomic E-state index is 13.0. The standard InChI is InChI=1S/C29H25N3O4/c1-18-13-14-24-25(15-18)29(36)32(28(24)35)23-12-5-9-20(16-23)27(34)31-22-11-6-10-21(17-22)30-26(33)19-7-3-2-4-8-19/h2-13,16-17,24-25H,14-15H2,1H3,(H,30,33)(H,31,34)/t24-,25+/m1/s1. The van der Waals surface area contributed by atoms with Crippen LogP contribution in [0, 0.1) is 11.8 Å². The van der Waals surface area contributed by atoms with Crippen LogP contribution < -0.4 is 15.5 Å². The fraction of sp³-hybridized carbons (Fsp3) is 0.172. The first-order valence-corrected chi connectivity index (χ1v) is 11.8. The van der Waals surface area contributed by atoms with Crippen LogP contribution >= 0.6 is 0 Å². The van der Waals surface area contributed by atoms with Crippen LogP contribution in [0.2, 0.25) is 0 Å². The van der Waals surface area contributed by atoms with Crippen LogP contribution in [0.3, 0.4) is 0 Å². The first kappa shape index (κ1) is 23.2. The molecule has 36 heavy (non-hydrogen) atoms. The number of carbonyl (C=O) groups excluding carboxylic acids is 4. The largest absolute Gasteiger partial charge is 0.322 e. The van der Waals surface area contributed by atoms with Crippen molar-refractivity contribution in [1.29, 1.82) is 0 Å². The van der Waals surface area contributed by atoms with E-state index in [1.165, 1.54) is 4.90 Å². The Labute approximate surface area is 208 Å². The number of carbonyl (C=O) groups is 4. The third-order valence-corrected chi connectivity index (χ3v) is 6.60. The average Bonchev–Trinajstić information content (AvgIpc) is 3.13. The lowest BCUT2D eigenvalue weighted by atomic mass is 9.82. The Balaban J connectivity index is 1.30. The van der Waals surface area contributed by atoms with Crippen LogP contribution in [-0.2, 0) is 9.59 Å². The molecule has 0 aromatic heterocycles. The number of nitrogens with zero attached hydrogens (tertiary/aromatic N) is 1. The zero-order valence-electron chi connectivity index (χ0n) is 19.7. The molecular formula is C29H25N3O4. The van der Waals surface area contributed by atoms with Gasteiger partial charge in [0.2, 0.25) is 11.8 Å². The molecule has 0 unspecified atom stereocenters. The molecule has 7 heteroatoms. The fourth-order valence-corrected chi connectivity index (χ4v) is 4.75. The third kappa shape index (κ3) is 4.55. The maximum Gasteiger partial charge on any atom is 0.255 e. The molecule has 3 aromatic rings. The lowest BCUT2D eigenvalue weighted by molar-refractivity contribution is -0.122. The number of amides is 4. The highest BCUT2D eigenvalue weighted by atomic mass is 16.2. The summed E-state index contributed by atoms with van der Waals surface area (Å²) in [5, 5.41) is 5.64. The number of hydrogen-bond acceptors (Lipinski definition) is 4. The van der Waals surface area contributed by atoms with E-state index >= 15 is 0 Å². The lowest BCUT2D eigenvalue weighted by Crippen LogP contribution is -2.31. The van der Waals surface area contributed by atoms with Crippen LogP contribution in [0.25, 0.3) is 0 Å². The molecule has 0 radical (unpaired) electrons. The summed E-state index contributed by atoms with van der Waals surface area (Å²) >= 11 is 0. The molecule has 2 N–H and O–H groups in total. The quantitative estimate of drug-likeness (QED) is 0.396. The first-order chi connectivity index (χ1) is 17.4. The monoisotopic (exact) mass is 479 g/mol. The summed E-state index contributed by atoms with van der Waals surface area (Å²) in [5.74, 6) is -1.75. The second-order valence-electron chi connectivity index (χ2n) is 9.12. The van der Waals surface area contributed by atoms with E-state index in [2.05, 4.69) is 10.6 Å². The fourth-order valence-electron chi connectivity index (χ4n) is 4.75. The van der Waals surface area contributed by atoms with Gasteiger partial charge in [0.25, 0.3) is 11.8 Å². The predicted octanol–water partition coefficient (Wildman–Crippen LogP) is 5.04. The van der Waals surface area contributed by atoms with Crippen molar-refractivity contribution < 1.29 is 19.2 Å². The number of nitrogens with one attached hydrogen (secondary N) is 2. The van der Waals surface area contributed by atoms with Gasteiger partial charge in [-0.3, -0.25) is 24.1 Å². The normalized spacial score (nSPS) is 18.9. The van der Waals surface area contributed by atoms with Crippen molar-refractivity contribution >= 4 is 40.7 Å². The van der Waals surface area contributed by atoms with E-state index in [1.807, 2.05) is 19.1 Å². The predicted molar refractivity (Wildman–Crippen MR) is 138 cm³/mol. The Morgan fingerprint density at radius 2 is 1.36 bits per heavy atom. The van der Waals surface area contributed by atoms with E-state index in [9.17, 15) is 19.2 Å². The van der Waals surface area contributed by atoms with Crippen molar-refractivity contribution in [2.24, 2.45) is 11.8 Å². The summed E-state index contributed by atoms with van der Waals surface area (Å²) in [5.41, 5.74) is 3.40. The van der Waals surface area contributed by atoms with Gasteiger partial charge in [0.05, 0.1) is 17.5 Å². The summed E-state index contributed by atoms with van der Waals surface area (Å²) < 4.78 is 0. The minimum atomic E-state index is -0.391. The maximum absolute atomic E-state index is 13.0. The molecule has 2 atom stereocenters. The molecule has 0 saturated carbocycles. The van der Waals surface area contributed by atoms with Gasteiger partial charge < -0.3 is 10.6 Å². The molecule has 0 spiro atoms. The van der Waals surface area contributed by atoms with Crippen molar-refractivity contribution in [3.8, 4) is 0 Å². The van der Waals surface area contributed by atoms with Crippen molar-refractivity contribution in [1.82, 2.24) is 0 Å². The summed E-state index contributed by atoms with van der Waals surface area (Å²) in [6.45, 7) is 1.98. The highest BCUT2D eigenvalue weighted by Crippen LogP contribution is 2.39. The Morgan fingerprint density at radius 1 is 0.750 bits per heavy atom. The molecule has 1 saturated heterocycles. The van der Waals surface area contributed by atoms with Crippen LogP contribution in [0.4, 0.5) is 17.1 Å². The third-order valence-electron chi connectivity index (χ3n) is 6.60. The van der Waals surface area contributed by atoms with E-state index in [4.69, 9.17) is 0 Å². The van der Waals surface area contributed by atoms with Crippen LogP contribution in [0.15, 0.2) is 90.5 Å². The topological polar surface area (TPSA) is 95.6 Å². The van der Waals surface area contributed by atoms with Crippen LogP contribution in [0.1, 0.15) is 40.5 Å². The summed E-state index contributed by atoms with van der Waals surface area (Å²) in [6.07, 6.45) is 3.17. The molecule has 0 bridgehead atoms. The lowest BCUT2D eigenvalue weighted by Gasteiger charge is -2.18. The zero-order chi connectivity index (χ0) is 25.2. The number of allylic oxidation sites excluding steroid dienone is 2. The number of anilines is 3. The van der Waals surface area contributed by atoms with Gasteiger partial charge in [-0.1, -0.05) is 42.0 Å². The van der Waals surface area contributed by atoms with E-state index in [-0.39, 0.29) is 29.6 Å². The van der Waals surface area contributed by atoms with Crippen molar-refractivity contribution in [2.45, 2.75) is 19.8 Å². The molecule has 5 rings (SSSR count). The Morgan fingerprint density at radius 3 is 2.08 bits per heavy atom. The van der Waals surface area contributed by atoms with Gasteiger partial charge in [0.15, 0.2) is 0 Å². The van der Waals surface area contributed by atoms with Gasteiger partial charge in [-0.2, -0.15) is 0 Å².